The fourth-order valence-electron chi connectivity index (χ4n) is 1.96. The SMILES string of the molecule is OCc1nc(-c2cccc(-c3ccccc3)c2)n[nH]1. The van der Waals surface area contributed by atoms with Gasteiger partial charge in [-0.25, -0.2) is 4.98 Å². The molecule has 0 unspecified atom stereocenters. The molecule has 0 saturated heterocycles. The van der Waals surface area contributed by atoms with Gasteiger partial charge in [-0.1, -0.05) is 48.5 Å². The molecule has 3 aromatic rings. The Morgan fingerprint density at radius 2 is 1.63 bits per heavy atom. The maximum Gasteiger partial charge on any atom is 0.181 e. The van der Waals surface area contributed by atoms with Crippen molar-refractivity contribution in [2.24, 2.45) is 0 Å². The van der Waals surface area contributed by atoms with Crippen LogP contribution in [0, 0.1) is 0 Å². The van der Waals surface area contributed by atoms with E-state index in [1.807, 2.05) is 36.4 Å². The summed E-state index contributed by atoms with van der Waals surface area (Å²) in [4.78, 5) is 4.22. The summed E-state index contributed by atoms with van der Waals surface area (Å²) in [7, 11) is 0. The first-order chi connectivity index (χ1) is 9.36. The van der Waals surface area contributed by atoms with Gasteiger partial charge >= 0.3 is 0 Å². The van der Waals surface area contributed by atoms with E-state index >= 15 is 0 Å². The molecular formula is C15H13N3O. The van der Waals surface area contributed by atoms with Gasteiger partial charge in [-0.2, -0.15) is 5.10 Å². The predicted octanol–water partition coefficient (Wildman–Crippen LogP) is 2.63. The van der Waals surface area contributed by atoms with Crippen molar-refractivity contribution in [3.63, 3.8) is 0 Å². The van der Waals surface area contributed by atoms with Gasteiger partial charge in [-0.3, -0.25) is 5.10 Å². The number of H-pyrrole nitrogens is 1. The molecule has 0 saturated carbocycles. The van der Waals surface area contributed by atoms with Crippen LogP contribution < -0.4 is 0 Å². The Balaban J connectivity index is 2.00. The molecule has 0 amide bonds. The normalized spacial score (nSPS) is 10.6. The summed E-state index contributed by atoms with van der Waals surface area (Å²) in [5.41, 5.74) is 3.20. The highest BCUT2D eigenvalue weighted by Gasteiger charge is 2.06. The predicted molar refractivity (Wildman–Crippen MR) is 73.2 cm³/mol. The lowest BCUT2D eigenvalue weighted by atomic mass is 10.0. The van der Waals surface area contributed by atoms with E-state index in [4.69, 9.17) is 5.11 Å². The molecule has 2 aromatic carbocycles. The van der Waals surface area contributed by atoms with Crippen molar-refractivity contribution in [3.05, 3.63) is 60.4 Å². The molecule has 0 aliphatic carbocycles. The highest BCUT2D eigenvalue weighted by Crippen LogP contribution is 2.24. The molecule has 0 spiro atoms. The van der Waals surface area contributed by atoms with E-state index in [2.05, 4.69) is 33.4 Å². The van der Waals surface area contributed by atoms with E-state index in [-0.39, 0.29) is 6.61 Å². The molecule has 3 rings (SSSR count). The summed E-state index contributed by atoms with van der Waals surface area (Å²) in [6.45, 7) is -0.134. The number of aromatic nitrogens is 3. The van der Waals surface area contributed by atoms with Gasteiger partial charge in [0, 0.05) is 5.56 Å². The van der Waals surface area contributed by atoms with Gasteiger partial charge in [0.2, 0.25) is 0 Å². The third kappa shape index (κ3) is 2.39. The van der Waals surface area contributed by atoms with Crippen LogP contribution in [0.25, 0.3) is 22.5 Å². The van der Waals surface area contributed by atoms with Crippen molar-refractivity contribution >= 4 is 0 Å². The minimum atomic E-state index is -0.134. The molecule has 0 fully saturated rings. The summed E-state index contributed by atoms with van der Waals surface area (Å²) in [6.07, 6.45) is 0. The van der Waals surface area contributed by atoms with Crippen molar-refractivity contribution in [1.82, 2.24) is 15.2 Å². The molecule has 0 aliphatic heterocycles. The van der Waals surface area contributed by atoms with E-state index < -0.39 is 0 Å². The summed E-state index contributed by atoms with van der Waals surface area (Å²) in [5, 5.41) is 15.8. The molecule has 0 aliphatic rings. The maximum absolute atomic E-state index is 9.00. The molecule has 0 atom stereocenters. The molecule has 4 nitrogen and oxygen atoms in total. The minimum absolute atomic E-state index is 0.134. The summed E-state index contributed by atoms with van der Waals surface area (Å²) in [6, 6.07) is 18.2. The van der Waals surface area contributed by atoms with Crippen molar-refractivity contribution in [2.45, 2.75) is 6.61 Å². The average molecular weight is 251 g/mol. The Morgan fingerprint density at radius 3 is 2.37 bits per heavy atom. The molecule has 0 bridgehead atoms. The molecule has 4 heteroatoms. The van der Waals surface area contributed by atoms with E-state index in [0.29, 0.717) is 11.6 Å². The molecule has 19 heavy (non-hydrogen) atoms. The number of nitrogens with zero attached hydrogens (tertiary/aromatic N) is 2. The van der Waals surface area contributed by atoms with Crippen molar-refractivity contribution < 1.29 is 5.11 Å². The largest absolute Gasteiger partial charge is 0.388 e. The van der Waals surface area contributed by atoms with Crippen molar-refractivity contribution in [2.75, 3.05) is 0 Å². The zero-order valence-corrected chi connectivity index (χ0v) is 10.2. The zero-order valence-electron chi connectivity index (χ0n) is 10.2. The Morgan fingerprint density at radius 1 is 0.895 bits per heavy atom. The molecule has 1 heterocycles. The first-order valence-electron chi connectivity index (χ1n) is 6.05. The van der Waals surface area contributed by atoms with Crippen LogP contribution in [0.1, 0.15) is 5.82 Å². The van der Waals surface area contributed by atoms with Crippen LogP contribution in [0.15, 0.2) is 54.6 Å². The van der Waals surface area contributed by atoms with Gasteiger partial charge in [0.15, 0.2) is 11.6 Å². The summed E-state index contributed by atoms with van der Waals surface area (Å²) >= 11 is 0. The van der Waals surface area contributed by atoms with Crippen LogP contribution in [0.2, 0.25) is 0 Å². The van der Waals surface area contributed by atoms with Gasteiger partial charge in [0.25, 0.3) is 0 Å². The van der Waals surface area contributed by atoms with Crippen LogP contribution in [0.4, 0.5) is 0 Å². The zero-order chi connectivity index (χ0) is 13.1. The van der Waals surface area contributed by atoms with Gasteiger partial charge in [-0.05, 0) is 17.2 Å². The third-order valence-corrected chi connectivity index (χ3v) is 2.91. The first kappa shape index (κ1) is 11.6. The van der Waals surface area contributed by atoms with Gasteiger partial charge < -0.3 is 5.11 Å². The number of hydrogen-bond acceptors (Lipinski definition) is 3. The second-order valence-electron chi connectivity index (χ2n) is 4.21. The van der Waals surface area contributed by atoms with E-state index in [9.17, 15) is 0 Å². The number of aliphatic hydroxyl groups excluding tert-OH is 1. The number of aliphatic hydroxyl groups is 1. The highest BCUT2D eigenvalue weighted by atomic mass is 16.3. The Hall–Kier alpha value is -2.46. The lowest BCUT2D eigenvalue weighted by Crippen LogP contribution is -1.85. The van der Waals surface area contributed by atoms with Crippen LogP contribution in [-0.4, -0.2) is 20.3 Å². The second-order valence-corrected chi connectivity index (χ2v) is 4.21. The number of aromatic amines is 1. The first-order valence-corrected chi connectivity index (χ1v) is 6.05. The molecule has 0 radical (unpaired) electrons. The molecular weight excluding hydrogens is 238 g/mol. The average Bonchev–Trinajstić information content (AvgIpc) is 2.97. The maximum atomic E-state index is 9.00. The highest BCUT2D eigenvalue weighted by molar-refractivity contribution is 5.69. The van der Waals surface area contributed by atoms with Crippen LogP contribution in [-0.2, 0) is 6.61 Å². The third-order valence-electron chi connectivity index (χ3n) is 2.91. The fraction of sp³-hybridized carbons (Fsp3) is 0.0667. The quantitative estimate of drug-likeness (QED) is 0.752. The Labute approximate surface area is 110 Å². The summed E-state index contributed by atoms with van der Waals surface area (Å²) < 4.78 is 0. The number of rotatable bonds is 3. The second kappa shape index (κ2) is 5.04. The minimum Gasteiger partial charge on any atom is -0.388 e. The number of nitrogens with one attached hydrogen (secondary N) is 1. The monoisotopic (exact) mass is 251 g/mol. The van der Waals surface area contributed by atoms with Crippen molar-refractivity contribution in [3.8, 4) is 22.5 Å². The van der Waals surface area contributed by atoms with E-state index in [0.717, 1.165) is 16.7 Å². The van der Waals surface area contributed by atoms with Crippen LogP contribution >= 0.6 is 0 Å². The lowest BCUT2D eigenvalue weighted by molar-refractivity contribution is 0.272. The molecule has 94 valence electrons. The fourth-order valence-corrected chi connectivity index (χ4v) is 1.96. The smallest absolute Gasteiger partial charge is 0.181 e. The molecule has 1 aromatic heterocycles. The lowest BCUT2D eigenvalue weighted by Gasteiger charge is -2.02. The Bertz CT molecular complexity index is 677. The Kier molecular flexibility index (Phi) is 3.08. The van der Waals surface area contributed by atoms with Crippen LogP contribution in [0.3, 0.4) is 0 Å². The van der Waals surface area contributed by atoms with E-state index in [1.54, 1.807) is 0 Å². The standard InChI is InChI=1S/C15H13N3O/c19-10-14-16-15(18-17-14)13-8-4-7-12(9-13)11-5-2-1-3-6-11/h1-9,19H,10H2,(H,16,17,18). The van der Waals surface area contributed by atoms with Gasteiger partial charge in [0.05, 0.1) is 0 Å². The van der Waals surface area contributed by atoms with Crippen LogP contribution in [0.5, 0.6) is 0 Å². The summed E-state index contributed by atoms with van der Waals surface area (Å²) in [5.74, 6) is 1.07. The topological polar surface area (TPSA) is 61.8 Å². The number of hydrogen-bond donors (Lipinski definition) is 2. The number of benzene rings is 2. The van der Waals surface area contributed by atoms with E-state index in [1.165, 1.54) is 0 Å². The van der Waals surface area contributed by atoms with Crippen molar-refractivity contribution in [1.29, 1.82) is 0 Å². The van der Waals surface area contributed by atoms with Gasteiger partial charge in [-0.15, -0.1) is 0 Å². The molecule has 2 N–H and O–H groups in total. The van der Waals surface area contributed by atoms with Gasteiger partial charge in [0.1, 0.15) is 6.61 Å².